The molecule has 1 heterocycles. The number of hydrogen-bond acceptors (Lipinski definition) is 4. The summed E-state index contributed by atoms with van der Waals surface area (Å²) in [6.07, 6.45) is 6.69. The summed E-state index contributed by atoms with van der Waals surface area (Å²) in [4.78, 5) is 16.4. The van der Waals surface area contributed by atoms with Crippen molar-refractivity contribution >= 4 is 19.9 Å². The van der Waals surface area contributed by atoms with Crippen molar-refractivity contribution in [2.24, 2.45) is 0 Å². The quantitative estimate of drug-likeness (QED) is 0.312. The van der Waals surface area contributed by atoms with Crippen LogP contribution in [0.15, 0.2) is 42.7 Å². The molecular weight excluding hydrogens is 330 g/mol. The van der Waals surface area contributed by atoms with Gasteiger partial charge in [-0.3, -0.25) is 4.79 Å². The van der Waals surface area contributed by atoms with E-state index in [4.69, 9.17) is 10.00 Å². The van der Waals surface area contributed by atoms with E-state index >= 15 is 0 Å². The van der Waals surface area contributed by atoms with Crippen molar-refractivity contribution in [3.8, 4) is 6.07 Å². The number of imidazole rings is 1. The first-order chi connectivity index (χ1) is 11.9. The number of allylic oxidation sites excluding steroid dienone is 1. The lowest BCUT2D eigenvalue weighted by molar-refractivity contribution is 0.0867. The Morgan fingerprint density at radius 2 is 2.04 bits per heavy atom. The fourth-order valence-electron chi connectivity index (χ4n) is 2.09. The molecule has 2 aromatic rings. The summed E-state index contributed by atoms with van der Waals surface area (Å²) < 4.78 is 7.59. The minimum absolute atomic E-state index is 0.126. The van der Waals surface area contributed by atoms with Gasteiger partial charge < -0.3 is 9.30 Å². The second-order valence-corrected chi connectivity index (χ2v) is 12.6. The standard InChI is InChI=1S/C19H23N3O2Si/c1-25(2,3)13-12-24-15-22-11-10-21-19(22)9-8-18(23)17-6-4-16(14-20)5-7-17/h4-11H,12-13,15H2,1-3H3/b9-8+. The first-order valence-corrected chi connectivity index (χ1v) is 11.9. The summed E-state index contributed by atoms with van der Waals surface area (Å²) in [6.45, 7) is 8.11. The van der Waals surface area contributed by atoms with Gasteiger partial charge >= 0.3 is 0 Å². The van der Waals surface area contributed by atoms with Gasteiger partial charge in [0.1, 0.15) is 12.6 Å². The summed E-state index contributed by atoms with van der Waals surface area (Å²) in [5.74, 6) is 0.550. The SMILES string of the molecule is C[Si](C)(C)CCOCn1ccnc1/C=C/C(=O)c1ccc(C#N)cc1. The maximum absolute atomic E-state index is 12.2. The fourth-order valence-corrected chi connectivity index (χ4v) is 2.84. The second-order valence-electron chi connectivity index (χ2n) is 6.99. The maximum Gasteiger partial charge on any atom is 0.185 e. The van der Waals surface area contributed by atoms with E-state index in [1.54, 1.807) is 36.5 Å². The third kappa shape index (κ3) is 6.14. The van der Waals surface area contributed by atoms with Gasteiger partial charge in [-0.05, 0) is 42.5 Å². The zero-order valence-electron chi connectivity index (χ0n) is 14.9. The highest BCUT2D eigenvalue weighted by Gasteiger charge is 2.12. The van der Waals surface area contributed by atoms with Crippen LogP contribution in [-0.4, -0.2) is 30.0 Å². The number of benzene rings is 1. The predicted molar refractivity (Wildman–Crippen MR) is 101 cm³/mol. The molecule has 0 aliphatic heterocycles. The molecule has 5 nitrogen and oxygen atoms in total. The van der Waals surface area contributed by atoms with Crippen molar-refractivity contribution in [2.45, 2.75) is 32.4 Å². The Bertz CT molecular complexity index is 780. The summed E-state index contributed by atoms with van der Waals surface area (Å²) in [5, 5.41) is 8.79. The van der Waals surface area contributed by atoms with Gasteiger partial charge in [-0.15, -0.1) is 0 Å². The molecular formula is C19H23N3O2Si. The Balaban J connectivity index is 1.94. The molecule has 0 saturated carbocycles. The molecule has 0 saturated heterocycles. The third-order valence-electron chi connectivity index (χ3n) is 3.66. The van der Waals surface area contributed by atoms with Gasteiger partial charge in [0.25, 0.3) is 0 Å². The van der Waals surface area contributed by atoms with Crippen LogP contribution >= 0.6 is 0 Å². The number of carbonyl (C=O) groups excluding carboxylic acids is 1. The van der Waals surface area contributed by atoms with Crippen LogP contribution in [0.3, 0.4) is 0 Å². The van der Waals surface area contributed by atoms with Crippen LogP contribution in [0.5, 0.6) is 0 Å². The molecule has 0 radical (unpaired) electrons. The van der Waals surface area contributed by atoms with Gasteiger partial charge in [-0.25, -0.2) is 4.98 Å². The van der Waals surface area contributed by atoms with E-state index in [9.17, 15) is 4.79 Å². The molecule has 0 fully saturated rings. The Morgan fingerprint density at radius 3 is 2.68 bits per heavy atom. The van der Waals surface area contributed by atoms with E-state index in [0.29, 0.717) is 23.7 Å². The van der Waals surface area contributed by atoms with E-state index in [2.05, 4.69) is 24.6 Å². The first-order valence-electron chi connectivity index (χ1n) is 8.20. The largest absolute Gasteiger partial charge is 0.361 e. The van der Waals surface area contributed by atoms with Crippen LogP contribution < -0.4 is 0 Å². The highest BCUT2D eigenvalue weighted by Crippen LogP contribution is 2.09. The van der Waals surface area contributed by atoms with Gasteiger partial charge in [-0.1, -0.05) is 19.6 Å². The summed E-state index contributed by atoms with van der Waals surface area (Å²) >= 11 is 0. The lowest BCUT2D eigenvalue weighted by Crippen LogP contribution is -2.22. The molecule has 0 aliphatic carbocycles. The molecule has 0 spiro atoms. The normalized spacial score (nSPS) is 11.6. The highest BCUT2D eigenvalue weighted by atomic mass is 28.3. The maximum atomic E-state index is 12.2. The Morgan fingerprint density at radius 1 is 1.32 bits per heavy atom. The lowest BCUT2D eigenvalue weighted by atomic mass is 10.1. The third-order valence-corrected chi connectivity index (χ3v) is 5.36. The van der Waals surface area contributed by atoms with Crippen molar-refractivity contribution < 1.29 is 9.53 Å². The molecule has 6 heteroatoms. The second kappa shape index (κ2) is 8.56. The van der Waals surface area contributed by atoms with Crippen LogP contribution in [0, 0.1) is 11.3 Å². The van der Waals surface area contributed by atoms with Crippen molar-refractivity contribution in [2.75, 3.05) is 6.61 Å². The van der Waals surface area contributed by atoms with Crippen LogP contribution in [0.1, 0.15) is 21.7 Å². The van der Waals surface area contributed by atoms with E-state index in [0.717, 1.165) is 12.7 Å². The van der Waals surface area contributed by atoms with Gasteiger partial charge in [0.2, 0.25) is 0 Å². The summed E-state index contributed by atoms with van der Waals surface area (Å²) in [7, 11) is -1.10. The van der Waals surface area contributed by atoms with Crippen molar-refractivity contribution in [1.82, 2.24) is 9.55 Å². The van der Waals surface area contributed by atoms with Crippen LogP contribution in [-0.2, 0) is 11.5 Å². The molecule has 0 atom stereocenters. The number of ether oxygens (including phenoxy) is 1. The van der Waals surface area contributed by atoms with Crippen LogP contribution in [0.4, 0.5) is 0 Å². The zero-order valence-corrected chi connectivity index (χ0v) is 15.9. The number of nitrogens with zero attached hydrogens (tertiary/aromatic N) is 3. The molecule has 1 aromatic heterocycles. The minimum Gasteiger partial charge on any atom is -0.361 e. The van der Waals surface area contributed by atoms with Crippen molar-refractivity contribution in [3.05, 3.63) is 59.7 Å². The molecule has 25 heavy (non-hydrogen) atoms. The van der Waals surface area contributed by atoms with Crippen LogP contribution in [0.25, 0.3) is 6.08 Å². The van der Waals surface area contributed by atoms with Gasteiger partial charge in [0.15, 0.2) is 5.78 Å². The molecule has 0 aliphatic rings. The van der Waals surface area contributed by atoms with Crippen molar-refractivity contribution in [1.29, 1.82) is 5.26 Å². The number of nitriles is 1. The topological polar surface area (TPSA) is 67.9 Å². The average molecular weight is 353 g/mol. The van der Waals surface area contributed by atoms with E-state index in [-0.39, 0.29) is 5.78 Å². The molecule has 0 amide bonds. The number of hydrogen-bond donors (Lipinski definition) is 0. The monoisotopic (exact) mass is 353 g/mol. The zero-order chi connectivity index (χ0) is 18.3. The Labute approximate surface area is 149 Å². The van der Waals surface area contributed by atoms with Gasteiger partial charge in [-0.2, -0.15) is 5.26 Å². The first kappa shape index (κ1) is 18.8. The molecule has 0 N–H and O–H groups in total. The number of rotatable bonds is 8. The molecule has 0 bridgehead atoms. The molecule has 2 rings (SSSR count). The van der Waals surface area contributed by atoms with Crippen LogP contribution in [0.2, 0.25) is 25.7 Å². The van der Waals surface area contributed by atoms with E-state index in [1.165, 1.54) is 6.08 Å². The smallest absolute Gasteiger partial charge is 0.185 e. The molecule has 0 unspecified atom stereocenters. The van der Waals surface area contributed by atoms with Gasteiger partial charge in [0.05, 0.1) is 11.6 Å². The number of aromatic nitrogens is 2. The summed E-state index contributed by atoms with van der Waals surface area (Å²) in [5.41, 5.74) is 1.08. The molecule has 130 valence electrons. The number of carbonyl (C=O) groups is 1. The lowest BCUT2D eigenvalue weighted by Gasteiger charge is -2.15. The van der Waals surface area contributed by atoms with Crippen molar-refractivity contribution in [3.63, 3.8) is 0 Å². The van der Waals surface area contributed by atoms with Gasteiger partial charge in [0, 0.05) is 32.6 Å². The Kier molecular flexibility index (Phi) is 6.45. The average Bonchev–Trinajstić information content (AvgIpc) is 3.03. The summed E-state index contributed by atoms with van der Waals surface area (Å²) in [6, 6.07) is 9.72. The Hall–Kier alpha value is -2.49. The fraction of sp³-hybridized carbons (Fsp3) is 0.316. The number of ketones is 1. The molecule has 1 aromatic carbocycles. The minimum atomic E-state index is -1.10. The van der Waals surface area contributed by atoms with E-state index < -0.39 is 8.07 Å². The van der Waals surface area contributed by atoms with E-state index in [1.807, 2.05) is 16.8 Å². The highest BCUT2D eigenvalue weighted by molar-refractivity contribution is 6.76. The predicted octanol–water partition coefficient (Wildman–Crippen LogP) is 3.96.